The number of nitrogens with zero attached hydrogens (tertiary/aromatic N) is 2. The normalized spacial score (nSPS) is 12.0. The monoisotopic (exact) mass is 472 g/mol. The summed E-state index contributed by atoms with van der Waals surface area (Å²) < 4.78 is 30.9. The molecule has 2 aromatic heterocycles. The molecule has 2 heterocycles. The standard InChI is InChI=1S/C14H10FNO2.C13H8FNO2/c1-18-14(17)8-2-3-11-9(4-8)5-10-7-16-13(15)6-12(10)11;14-12-5-11-9(6-15-12)4-8-3-7(13(16)17)1-2-10(8)11/h2-4,6-7H,5H2,1H3;1-3,5-6H,4H2,(H,16,17). The van der Waals surface area contributed by atoms with Gasteiger partial charge in [0, 0.05) is 37.4 Å². The minimum Gasteiger partial charge on any atom is -0.478 e. The van der Waals surface area contributed by atoms with Gasteiger partial charge in [0.05, 0.1) is 18.2 Å². The van der Waals surface area contributed by atoms with Crippen LogP contribution >= 0.6 is 0 Å². The van der Waals surface area contributed by atoms with Gasteiger partial charge >= 0.3 is 11.9 Å². The zero-order chi connectivity index (χ0) is 24.7. The van der Waals surface area contributed by atoms with Crippen molar-refractivity contribution in [1.82, 2.24) is 9.97 Å². The molecule has 0 radical (unpaired) electrons. The van der Waals surface area contributed by atoms with Crippen molar-refractivity contribution in [3.05, 3.63) is 106 Å². The smallest absolute Gasteiger partial charge is 0.337 e. The highest BCUT2D eigenvalue weighted by molar-refractivity contribution is 5.91. The van der Waals surface area contributed by atoms with Crippen LogP contribution < -0.4 is 0 Å². The summed E-state index contributed by atoms with van der Waals surface area (Å²) in [5, 5.41) is 8.90. The van der Waals surface area contributed by atoms with Crippen molar-refractivity contribution in [2.24, 2.45) is 0 Å². The van der Waals surface area contributed by atoms with E-state index in [-0.39, 0.29) is 11.5 Å². The Morgan fingerprint density at radius 2 is 1.23 bits per heavy atom. The first-order valence-electron chi connectivity index (χ1n) is 10.7. The number of rotatable bonds is 2. The van der Waals surface area contributed by atoms with E-state index in [1.54, 1.807) is 30.5 Å². The highest BCUT2D eigenvalue weighted by Gasteiger charge is 2.22. The SMILES string of the molecule is COC(=O)c1ccc2c(c1)Cc1cnc(F)cc1-2.O=C(O)c1ccc2c(c1)Cc1cnc(F)cc1-2. The first-order valence-corrected chi connectivity index (χ1v) is 10.7. The Morgan fingerprint density at radius 3 is 1.71 bits per heavy atom. The number of aromatic nitrogens is 2. The van der Waals surface area contributed by atoms with Crippen molar-refractivity contribution in [3.63, 3.8) is 0 Å². The van der Waals surface area contributed by atoms with E-state index < -0.39 is 17.9 Å². The summed E-state index contributed by atoms with van der Waals surface area (Å²) in [7, 11) is 1.35. The predicted molar refractivity (Wildman–Crippen MR) is 123 cm³/mol. The number of carbonyl (C=O) groups is 2. The average Bonchev–Trinajstić information content (AvgIpc) is 3.40. The molecule has 35 heavy (non-hydrogen) atoms. The van der Waals surface area contributed by atoms with Crippen LogP contribution in [-0.2, 0) is 17.6 Å². The predicted octanol–water partition coefficient (Wildman–Crippen LogP) is 5.07. The number of ether oxygens (including phenoxy) is 1. The molecule has 8 heteroatoms. The Bertz CT molecular complexity index is 1520. The molecule has 6 nitrogen and oxygen atoms in total. The first-order chi connectivity index (χ1) is 16.8. The Kier molecular flexibility index (Phi) is 5.56. The van der Waals surface area contributed by atoms with Crippen LogP contribution in [0.2, 0.25) is 0 Å². The van der Waals surface area contributed by atoms with E-state index >= 15 is 0 Å². The van der Waals surface area contributed by atoms with Gasteiger partial charge in [-0.3, -0.25) is 0 Å². The summed E-state index contributed by atoms with van der Waals surface area (Å²) in [5.74, 6) is -2.32. The molecule has 0 saturated heterocycles. The van der Waals surface area contributed by atoms with Crippen molar-refractivity contribution in [3.8, 4) is 22.3 Å². The number of hydrogen-bond acceptors (Lipinski definition) is 5. The van der Waals surface area contributed by atoms with Gasteiger partial charge in [0.15, 0.2) is 0 Å². The number of aromatic carboxylic acids is 1. The van der Waals surface area contributed by atoms with Crippen LogP contribution in [0.15, 0.2) is 60.9 Å². The van der Waals surface area contributed by atoms with E-state index in [4.69, 9.17) is 5.11 Å². The quantitative estimate of drug-likeness (QED) is 0.280. The molecule has 0 bridgehead atoms. The number of halogens is 2. The number of hydrogen-bond donors (Lipinski definition) is 1. The molecule has 174 valence electrons. The van der Waals surface area contributed by atoms with Gasteiger partial charge in [0.1, 0.15) is 0 Å². The maximum absolute atomic E-state index is 13.1. The number of esters is 1. The van der Waals surface area contributed by atoms with Gasteiger partial charge in [0.2, 0.25) is 11.9 Å². The number of pyridine rings is 2. The van der Waals surface area contributed by atoms with Gasteiger partial charge in [-0.05, 0) is 68.8 Å². The van der Waals surface area contributed by atoms with Crippen LogP contribution in [0.1, 0.15) is 43.0 Å². The molecular weight excluding hydrogens is 454 g/mol. The van der Waals surface area contributed by atoms with Crippen molar-refractivity contribution in [1.29, 1.82) is 0 Å². The lowest BCUT2D eigenvalue weighted by molar-refractivity contribution is 0.0599. The molecule has 2 aliphatic rings. The van der Waals surface area contributed by atoms with Crippen molar-refractivity contribution >= 4 is 11.9 Å². The fourth-order valence-corrected chi connectivity index (χ4v) is 4.49. The van der Waals surface area contributed by atoms with E-state index in [9.17, 15) is 18.4 Å². The van der Waals surface area contributed by atoms with Gasteiger partial charge in [-0.2, -0.15) is 8.78 Å². The number of carbonyl (C=O) groups excluding carboxylic acids is 1. The Morgan fingerprint density at radius 1 is 0.743 bits per heavy atom. The van der Waals surface area contributed by atoms with Gasteiger partial charge < -0.3 is 9.84 Å². The zero-order valence-electron chi connectivity index (χ0n) is 18.5. The minimum absolute atomic E-state index is 0.255. The largest absolute Gasteiger partial charge is 0.478 e. The van der Waals surface area contributed by atoms with Crippen molar-refractivity contribution < 1.29 is 28.2 Å². The minimum atomic E-state index is -0.951. The van der Waals surface area contributed by atoms with Crippen LogP contribution in [0, 0.1) is 11.9 Å². The highest BCUT2D eigenvalue weighted by atomic mass is 19.1. The summed E-state index contributed by atoms with van der Waals surface area (Å²) in [6.45, 7) is 0. The molecule has 0 fully saturated rings. The molecular formula is C27H18F2N2O4. The molecule has 0 spiro atoms. The lowest BCUT2D eigenvalue weighted by Crippen LogP contribution is -2.01. The fraction of sp³-hybridized carbons (Fsp3) is 0.111. The number of methoxy groups -OCH3 is 1. The molecule has 2 aliphatic carbocycles. The Labute approximate surface area is 198 Å². The Hall–Kier alpha value is -4.46. The van der Waals surface area contributed by atoms with Gasteiger partial charge in [-0.25, -0.2) is 19.6 Å². The van der Waals surface area contributed by atoms with Gasteiger partial charge in [-0.1, -0.05) is 12.1 Å². The molecule has 2 aromatic carbocycles. The molecule has 0 aliphatic heterocycles. The number of benzene rings is 2. The van der Waals surface area contributed by atoms with Gasteiger partial charge in [-0.15, -0.1) is 0 Å². The lowest BCUT2D eigenvalue weighted by atomic mass is 10.0. The number of fused-ring (bicyclic) bond motifs is 6. The van der Waals surface area contributed by atoms with Crippen molar-refractivity contribution in [2.45, 2.75) is 12.8 Å². The first kappa shape index (κ1) is 22.3. The summed E-state index contributed by atoms with van der Waals surface area (Å²) in [4.78, 5) is 29.6. The van der Waals surface area contributed by atoms with Crippen molar-refractivity contribution in [2.75, 3.05) is 7.11 Å². The van der Waals surface area contributed by atoms with Crippen LogP contribution in [0.4, 0.5) is 8.78 Å². The molecule has 0 unspecified atom stereocenters. The second-order valence-electron chi connectivity index (χ2n) is 8.22. The second-order valence-corrected chi connectivity index (χ2v) is 8.22. The Balaban J connectivity index is 0.000000145. The van der Waals surface area contributed by atoms with Gasteiger partial charge in [0.25, 0.3) is 0 Å². The topological polar surface area (TPSA) is 89.4 Å². The highest BCUT2D eigenvalue weighted by Crippen LogP contribution is 2.37. The van der Waals surface area contributed by atoms with Crippen LogP contribution in [0.3, 0.4) is 0 Å². The summed E-state index contributed by atoms with van der Waals surface area (Å²) >= 11 is 0. The third-order valence-electron chi connectivity index (χ3n) is 6.13. The number of carboxylic acid groups (broad SMARTS) is 1. The van der Waals surface area contributed by atoms with Crippen LogP contribution in [0.25, 0.3) is 22.3 Å². The second kappa shape index (κ2) is 8.72. The van der Waals surface area contributed by atoms with Crippen LogP contribution in [0.5, 0.6) is 0 Å². The maximum Gasteiger partial charge on any atom is 0.337 e. The third-order valence-corrected chi connectivity index (χ3v) is 6.13. The van der Waals surface area contributed by atoms with E-state index in [2.05, 4.69) is 14.7 Å². The number of carboxylic acids is 1. The third kappa shape index (κ3) is 4.14. The zero-order valence-corrected chi connectivity index (χ0v) is 18.5. The fourth-order valence-electron chi connectivity index (χ4n) is 4.49. The van der Waals surface area contributed by atoms with E-state index in [1.807, 2.05) is 6.07 Å². The maximum atomic E-state index is 13.1. The van der Waals surface area contributed by atoms with E-state index in [0.717, 1.165) is 44.5 Å². The van der Waals surface area contributed by atoms with E-state index in [1.165, 1.54) is 31.5 Å². The molecule has 4 aromatic rings. The lowest BCUT2D eigenvalue weighted by Gasteiger charge is -2.03. The average molecular weight is 472 g/mol. The molecule has 0 atom stereocenters. The van der Waals surface area contributed by atoms with Crippen LogP contribution in [-0.4, -0.2) is 34.1 Å². The molecule has 6 rings (SSSR count). The molecule has 1 N–H and O–H groups in total. The summed E-state index contributed by atoms with van der Waals surface area (Å²) in [6.07, 6.45) is 4.33. The molecule has 0 amide bonds. The summed E-state index contributed by atoms with van der Waals surface area (Å²) in [6, 6.07) is 13.0. The molecule has 0 saturated carbocycles. The summed E-state index contributed by atoms with van der Waals surface area (Å²) in [5.41, 5.74) is 8.11. The van der Waals surface area contributed by atoms with E-state index in [0.29, 0.717) is 18.4 Å².